The predicted molar refractivity (Wildman–Crippen MR) is 220 cm³/mol. The summed E-state index contributed by atoms with van der Waals surface area (Å²) in [5, 5.41) is 0. The fraction of sp³-hybridized carbons (Fsp3) is 0.767. The van der Waals surface area contributed by atoms with Crippen molar-refractivity contribution in [2.45, 2.75) is 187 Å². The number of carbonyl (C=O) groups excluding carboxylic acids is 2. The van der Waals surface area contributed by atoms with Gasteiger partial charge in [0, 0.05) is 19.0 Å². The van der Waals surface area contributed by atoms with Gasteiger partial charge in [-0.1, -0.05) is 172 Å². The first kappa shape index (κ1) is 51.0. The number of esters is 2. The van der Waals surface area contributed by atoms with Gasteiger partial charge < -0.3 is 20.1 Å². The van der Waals surface area contributed by atoms with Gasteiger partial charge in [-0.25, -0.2) is 9.36 Å². The largest absolute Gasteiger partial charge is 0.472 e. The van der Waals surface area contributed by atoms with E-state index in [0.29, 0.717) is 6.42 Å². The van der Waals surface area contributed by atoms with E-state index in [9.17, 15) is 19.0 Å². The zero-order chi connectivity index (χ0) is 38.9. The SMILES string of the molecule is CCCCCCCCCCC/C=C/C/C=C/CCCC(=O)OC[C@H](COP(=O)(O)OCCN)OC(=O)/C=C/C=C/CCCCCCCCCCCCC. The average molecular weight is 768 g/mol. The molecule has 0 aromatic heterocycles. The Balaban J connectivity index is 4.33. The summed E-state index contributed by atoms with van der Waals surface area (Å²) < 4.78 is 32.5. The highest BCUT2D eigenvalue weighted by Gasteiger charge is 2.25. The fourth-order valence-corrected chi connectivity index (χ4v) is 6.40. The molecule has 308 valence electrons. The van der Waals surface area contributed by atoms with Crippen LogP contribution in [0, 0.1) is 0 Å². The van der Waals surface area contributed by atoms with Gasteiger partial charge in [0.2, 0.25) is 0 Å². The Labute approximate surface area is 324 Å². The standard InChI is InChI=1S/C43H78NO8P/c1-3-5-7-9-11-13-15-17-19-20-22-23-25-27-29-31-33-35-42(45)49-39-41(40-51-53(47,48)50-38-37-44)52-43(46)36-34-32-30-28-26-24-21-18-16-14-12-10-8-6-4-2/h22-23,27,29-30,32,34,36,41H,3-21,24-26,28,31,33,35,37-40,44H2,1-2H3,(H,47,48)/b23-22+,29-27+,32-30+,36-34+/t41-/m1/s1. The highest BCUT2D eigenvalue weighted by Crippen LogP contribution is 2.43. The van der Waals surface area contributed by atoms with Crippen molar-refractivity contribution in [2.75, 3.05) is 26.4 Å². The predicted octanol–water partition coefficient (Wildman–Crippen LogP) is 11.9. The lowest BCUT2D eigenvalue weighted by atomic mass is 10.1. The Hall–Kier alpha value is -2.03. The molecule has 0 aliphatic carbocycles. The van der Waals surface area contributed by atoms with Crippen molar-refractivity contribution in [3.63, 3.8) is 0 Å². The van der Waals surface area contributed by atoms with Gasteiger partial charge in [-0.15, -0.1) is 0 Å². The number of hydrogen-bond acceptors (Lipinski definition) is 8. The van der Waals surface area contributed by atoms with Gasteiger partial charge in [-0.3, -0.25) is 13.8 Å². The Morgan fingerprint density at radius 3 is 1.64 bits per heavy atom. The second kappa shape index (κ2) is 39.7. The molecule has 0 spiro atoms. The first-order valence-corrected chi connectivity index (χ1v) is 22.7. The molecule has 10 heteroatoms. The number of allylic oxidation sites excluding steroid dienone is 7. The molecule has 0 saturated carbocycles. The fourth-order valence-electron chi connectivity index (χ4n) is 5.64. The van der Waals surface area contributed by atoms with E-state index in [4.69, 9.17) is 24.3 Å². The third-order valence-corrected chi connectivity index (χ3v) is 9.78. The number of carbonyl (C=O) groups is 2. The summed E-state index contributed by atoms with van der Waals surface area (Å²) in [6.45, 7) is 3.56. The van der Waals surface area contributed by atoms with E-state index >= 15 is 0 Å². The molecule has 1 unspecified atom stereocenters. The van der Waals surface area contributed by atoms with E-state index in [1.807, 2.05) is 6.08 Å². The molecule has 0 amide bonds. The lowest BCUT2D eigenvalue weighted by molar-refractivity contribution is -0.157. The van der Waals surface area contributed by atoms with Gasteiger partial charge in [0.25, 0.3) is 0 Å². The van der Waals surface area contributed by atoms with Gasteiger partial charge in [0.15, 0.2) is 6.10 Å². The minimum atomic E-state index is -4.41. The molecule has 0 saturated heterocycles. The molecular weight excluding hydrogens is 689 g/mol. The Morgan fingerprint density at radius 2 is 1.11 bits per heavy atom. The molecule has 2 atom stereocenters. The molecule has 53 heavy (non-hydrogen) atoms. The maximum Gasteiger partial charge on any atom is 0.472 e. The van der Waals surface area contributed by atoms with Gasteiger partial charge in [0.1, 0.15) is 6.61 Å². The number of unbranched alkanes of at least 4 members (excludes halogenated alkanes) is 21. The molecule has 0 fully saturated rings. The van der Waals surface area contributed by atoms with E-state index in [2.05, 4.69) is 38.2 Å². The quantitative estimate of drug-likeness (QED) is 0.0156. The van der Waals surface area contributed by atoms with Crippen LogP contribution in [0.2, 0.25) is 0 Å². The maximum absolute atomic E-state index is 12.4. The van der Waals surface area contributed by atoms with Crippen LogP contribution in [0.25, 0.3) is 0 Å². The van der Waals surface area contributed by atoms with Crippen molar-refractivity contribution >= 4 is 19.8 Å². The van der Waals surface area contributed by atoms with Gasteiger partial charge in [0.05, 0.1) is 13.2 Å². The first-order chi connectivity index (χ1) is 25.8. The Bertz CT molecular complexity index is 1010. The minimum Gasteiger partial charge on any atom is -0.462 e. The third kappa shape index (κ3) is 39.5. The zero-order valence-corrected chi connectivity index (χ0v) is 34.6. The summed E-state index contributed by atoms with van der Waals surface area (Å²) in [5.74, 6) is -1.13. The van der Waals surface area contributed by atoms with Crippen LogP contribution in [0.4, 0.5) is 0 Å². The summed E-state index contributed by atoms with van der Waals surface area (Å²) in [4.78, 5) is 34.7. The molecule has 0 radical (unpaired) electrons. The molecule has 3 N–H and O–H groups in total. The van der Waals surface area contributed by atoms with Crippen LogP contribution in [0.5, 0.6) is 0 Å². The van der Waals surface area contributed by atoms with Crippen LogP contribution < -0.4 is 5.73 Å². The molecule has 0 aromatic rings. The van der Waals surface area contributed by atoms with Crippen molar-refractivity contribution in [3.05, 3.63) is 48.6 Å². The summed E-state index contributed by atoms with van der Waals surface area (Å²) in [6.07, 6.45) is 45.0. The number of hydrogen-bond donors (Lipinski definition) is 2. The summed E-state index contributed by atoms with van der Waals surface area (Å²) in [7, 11) is -4.41. The maximum atomic E-state index is 12.4. The number of rotatable bonds is 39. The van der Waals surface area contributed by atoms with Crippen LogP contribution in [-0.4, -0.2) is 49.3 Å². The van der Waals surface area contributed by atoms with Crippen LogP contribution >= 0.6 is 7.82 Å². The number of nitrogens with two attached hydrogens (primary N) is 1. The monoisotopic (exact) mass is 768 g/mol. The van der Waals surface area contributed by atoms with Crippen molar-refractivity contribution in [2.24, 2.45) is 5.73 Å². The number of ether oxygens (including phenoxy) is 2. The summed E-state index contributed by atoms with van der Waals surface area (Å²) in [5.41, 5.74) is 5.33. The van der Waals surface area contributed by atoms with Crippen LogP contribution in [0.1, 0.15) is 181 Å². The summed E-state index contributed by atoms with van der Waals surface area (Å²) in [6, 6.07) is 0. The van der Waals surface area contributed by atoms with E-state index in [-0.39, 0.29) is 26.2 Å². The number of phosphoric acid groups is 1. The van der Waals surface area contributed by atoms with Crippen LogP contribution in [0.15, 0.2) is 48.6 Å². The zero-order valence-electron chi connectivity index (χ0n) is 33.7. The molecule has 0 aromatic carbocycles. The minimum absolute atomic E-state index is 0.0345. The second-order valence-corrected chi connectivity index (χ2v) is 15.4. The molecule has 0 aliphatic heterocycles. The highest BCUT2D eigenvalue weighted by molar-refractivity contribution is 7.47. The van der Waals surface area contributed by atoms with Crippen molar-refractivity contribution in [1.29, 1.82) is 0 Å². The first-order valence-electron chi connectivity index (χ1n) is 21.2. The summed E-state index contributed by atoms with van der Waals surface area (Å²) >= 11 is 0. The van der Waals surface area contributed by atoms with E-state index in [0.717, 1.165) is 32.1 Å². The van der Waals surface area contributed by atoms with E-state index < -0.39 is 32.5 Å². The number of phosphoric ester groups is 1. The molecule has 0 heterocycles. The molecule has 9 nitrogen and oxygen atoms in total. The van der Waals surface area contributed by atoms with E-state index in [1.54, 1.807) is 12.2 Å². The van der Waals surface area contributed by atoms with Gasteiger partial charge in [-0.2, -0.15) is 0 Å². The topological polar surface area (TPSA) is 134 Å². The average Bonchev–Trinajstić information content (AvgIpc) is 3.14. The van der Waals surface area contributed by atoms with Crippen LogP contribution in [-0.2, 0) is 32.7 Å². The molecule has 0 aliphatic rings. The molecular formula is C43H78NO8P. The molecule has 0 bridgehead atoms. The van der Waals surface area contributed by atoms with Crippen molar-refractivity contribution in [1.82, 2.24) is 0 Å². The van der Waals surface area contributed by atoms with E-state index in [1.165, 1.54) is 128 Å². The normalized spacial score (nSPS) is 13.8. The van der Waals surface area contributed by atoms with Gasteiger partial charge >= 0.3 is 19.8 Å². The van der Waals surface area contributed by atoms with Crippen LogP contribution in [0.3, 0.4) is 0 Å². The van der Waals surface area contributed by atoms with Crippen molar-refractivity contribution in [3.8, 4) is 0 Å². The molecule has 0 rings (SSSR count). The highest BCUT2D eigenvalue weighted by atomic mass is 31.2. The Morgan fingerprint density at radius 1 is 0.623 bits per heavy atom. The lowest BCUT2D eigenvalue weighted by Gasteiger charge is -2.19. The third-order valence-electron chi connectivity index (χ3n) is 8.79. The lowest BCUT2D eigenvalue weighted by Crippen LogP contribution is -2.29. The smallest absolute Gasteiger partial charge is 0.462 e. The second-order valence-electron chi connectivity index (χ2n) is 13.9. The Kier molecular flexibility index (Phi) is 38.1. The van der Waals surface area contributed by atoms with Crippen molar-refractivity contribution < 1.29 is 37.6 Å². The van der Waals surface area contributed by atoms with Gasteiger partial charge in [-0.05, 0) is 44.9 Å².